The Balaban J connectivity index is 1.95. The number of nitrogens with one attached hydrogen (secondary N) is 1. The highest BCUT2D eigenvalue weighted by atomic mass is 16.1. The van der Waals surface area contributed by atoms with Crippen LogP contribution in [-0.4, -0.2) is 28.0 Å². The van der Waals surface area contributed by atoms with E-state index in [2.05, 4.69) is 41.0 Å². The third-order valence-electron chi connectivity index (χ3n) is 5.00. The molecule has 0 unspecified atom stereocenters. The molecule has 0 aliphatic carbocycles. The van der Waals surface area contributed by atoms with E-state index >= 15 is 0 Å². The monoisotopic (exact) mass is 346 g/mol. The van der Waals surface area contributed by atoms with Gasteiger partial charge in [0.1, 0.15) is 0 Å². The zero-order valence-corrected chi connectivity index (χ0v) is 15.2. The van der Waals surface area contributed by atoms with Crippen LogP contribution in [0.3, 0.4) is 0 Å². The second-order valence-electron chi connectivity index (χ2n) is 6.97. The number of pyridine rings is 1. The highest BCUT2D eigenvalue weighted by molar-refractivity contribution is 6.15. The van der Waals surface area contributed by atoms with Gasteiger partial charge in [-0.15, -0.1) is 0 Å². The van der Waals surface area contributed by atoms with Crippen LogP contribution in [0.2, 0.25) is 0 Å². The molecular formula is C21H22N4O. The number of hydrogen-bond acceptors (Lipinski definition) is 3. The van der Waals surface area contributed by atoms with Crippen LogP contribution in [0.1, 0.15) is 22.8 Å². The van der Waals surface area contributed by atoms with Crippen LogP contribution in [0.4, 0.5) is 0 Å². The lowest BCUT2D eigenvalue weighted by Crippen LogP contribution is -2.35. The van der Waals surface area contributed by atoms with E-state index in [0.717, 1.165) is 21.7 Å². The van der Waals surface area contributed by atoms with Crippen molar-refractivity contribution in [3.05, 3.63) is 53.9 Å². The molecule has 4 aromatic rings. The molecule has 1 amide bonds. The fraction of sp³-hybridized carbons (Fsp3) is 0.238. The summed E-state index contributed by atoms with van der Waals surface area (Å²) in [5.74, 6) is -0.0969. The normalized spacial score (nSPS) is 12.8. The summed E-state index contributed by atoms with van der Waals surface area (Å²) < 4.78 is 2.20. The molecule has 3 N–H and O–H groups in total. The number of aromatic nitrogens is 2. The number of rotatable bonds is 3. The molecule has 2 aromatic heterocycles. The lowest BCUT2D eigenvalue weighted by molar-refractivity contribution is 0.0952. The summed E-state index contributed by atoms with van der Waals surface area (Å²) in [4.78, 5) is 16.7. The summed E-state index contributed by atoms with van der Waals surface area (Å²) in [6, 6.07) is 10.00. The quantitative estimate of drug-likeness (QED) is 0.598. The van der Waals surface area contributed by atoms with Crippen molar-refractivity contribution < 1.29 is 4.79 Å². The molecule has 2 aromatic carbocycles. The van der Waals surface area contributed by atoms with Crippen LogP contribution >= 0.6 is 0 Å². The van der Waals surface area contributed by atoms with Crippen LogP contribution in [0.15, 0.2) is 42.7 Å². The van der Waals surface area contributed by atoms with Crippen LogP contribution in [0, 0.1) is 6.92 Å². The third kappa shape index (κ3) is 2.52. The number of benzene rings is 2. The third-order valence-corrected chi connectivity index (χ3v) is 5.00. The van der Waals surface area contributed by atoms with Gasteiger partial charge in [-0.2, -0.15) is 0 Å². The number of amides is 1. The molecule has 0 saturated heterocycles. The number of carbonyl (C=O) groups excluding carboxylic acids is 1. The molecule has 0 aliphatic rings. The van der Waals surface area contributed by atoms with Crippen molar-refractivity contribution in [1.82, 2.24) is 14.9 Å². The van der Waals surface area contributed by atoms with Crippen molar-refractivity contribution in [2.45, 2.75) is 19.9 Å². The summed E-state index contributed by atoms with van der Waals surface area (Å²) in [6.07, 6.45) is 3.71. The summed E-state index contributed by atoms with van der Waals surface area (Å²) in [5.41, 5.74) is 9.90. The Kier molecular flexibility index (Phi) is 3.89. The topological polar surface area (TPSA) is 72.9 Å². The van der Waals surface area contributed by atoms with Gasteiger partial charge in [-0.05, 0) is 55.1 Å². The predicted octanol–water partition coefficient (Wildman–Crippen LogP) is 3.27. The van der Waals surface area contributed by atoms with E-state index in [1.54, 1.807) is 0 Å². The Morgan fingerprint density at radius 1 is 1.23 bits per heavy atom. The fourth-order valence-electron chi connectivity index (χ4n) is 3.72. The number of hydrogen-bond donors (Lipinski definition) is 2. The van der Waals surface area contributed by atoms with Gasteiger partial charge in [0, 0.05) is 59.3 Å². The molecule has 4 rings (SSSR count). The van der Waals surface area contributed by atoms with Crippen LogP contribution in [0.5, 0.6) is 0 Å². The summed E-state index contributed by atoms with van der Waals surface area (Å²) in [7, 11) is 2.07. The van der Waals surface area contributed by atoms with E-state index in [9.17, 15) is 4.79 Å². The predicted molar refractivity (Wildman–Crippen MR) is 106 cm³/mol. The first-order valence-corrected chi connectivity index (χ1v) is 8.76. The molecule has 0 spiro atoms. The van der Waals surface area contributed by atoms with Gasteiger partial charge in [0.15, 0.2) is 0 Å². The van der Waals surface area contributed by atoms with Gasteiger partial charge in [0.25, 0.3) is 5.91 Å². The van der Waals surface area contributed by atoms with Crippen molar-refractivity contribution >= 4 is 38.5 Å². The van der Waals surface area contributed by atoms with Gasteiger partial charge in [-0.1, -0.05) is 0 Å². The van der Waals surface area contributed by atoms with E-state index < -0.39 is 0 Å². The van der Waals surface area contributed by atoms with Crippen molar-refractivity contribution in [3.8, 4) is 0 Å². The standard InChI is InChI=1S/C21H22N4O/c1-12(22)10-24-21(26)14-4-5-19-17(8-14)18-9-15-11-23-7-6-16(15)13(2)20(18)25(19)3/h4-9,11-12H,10,22H2,1-3H3,(H,24,26)/t12-/m0/s1. The molecule has 26 heavy (non-hydrogen) atoms. The fourth-order valence-corrected chi connectivity index (χ4v) is 3.72. The van der Waals surface area contributed by atoms with Crippen molar-refractivity contribution in [2.75, 3.05) is 6.54 Å². The lowest BCUT2D eigenvalue weighted by Gasteiger charge is -2.08. The van der Waals surface area contributed by atoms with Crippen molar-refractivity contribution in [1.29, 1.82) is 0 Å². The van der Waals surface area contributed by atoms with Gasteiger partial charge in [0.05, 0.1) is 5.52 Å². The van der Waals surface area contributed by atoms with Gasteiger partial charge in [-0.25, -0.2) is 0 Å². The Labute approximate surface area is 151 Å². The average Bonchev–Trinajstić information content (AvgIpc) is 2.92. The average molecular weight is 346 g/mol. The van der Waals surface area contributed by atoms with E-state index in [0.29, 0.717) is 12.1 Å². The Morgan fingerprint density at radius 2 is 2.04 bits per heavy atom. The molecule has 0 fully saturated rings. The van der Waals surface area contributed by atoms with E-state index in [1.807, 2.05) is 37.5 Å². The summed E-state index contributed by atoms with van der Waals surface area (Å²) in [6.45, 7) is 4.47. The van der Waals surface area contributed by atoms with E-state index in [1.165, 1.54) is 16.5 Å². The first-order chi connectivity index (χ1) is 12.5. The number of nitrogens with two attached hydrogens (primary N) is 1. The molecule has 5 nitrogen and oxygen atoms in total. The molecule has 0 aliphatic heterocycles. The van der Waals surface area contributed by atoms with Gasteiger partial charge >= 0.3 is 0 Å². The first-order valence-electron chi connectivity index (χ1n) is 8.76. The van der Waals surface area contributed by atoms with E-state index in [4.69, 9.17) is 5.73 Å². The maximum Gasteiger partial charge on any atom is 0.251 e. The second kappa shape index (κ2) is 6.11. The minimum Gasteiger partial charge on any atom is -0.350 e. The molecule has 0 saturated carbocycles. The summed E-state index contributed by atoms with van der Waals surface area (Å²) in [5, 5.41) is 7.40. The number of aryl methyl sites for hydroxylation is 2. The van der Waals surface area contributed by atoms with Gasteiger partial charge < -0.3 is 15.6 Å². The second-order valence-corrected chi connectivity index (χ2v) is 6.97. The SMILES string of the molecule is Cc1c2ccncc2cc2c3cc(C(=O)NC[C@H](C)N)ccc3n(C)c12. The summed E-state index contributed by atoms with van der Waals surface area (Å²) >= 11 is 0. The Hall–Kier alpha value is -2.92. The molecular weight excluding hydrogens is 324 g/mol. The van der Waals surface area contributed by atoms with Crippen LogP contribution < -0.4 is 11.1 Å². The minimum absolute atomic E-state index is 0.0678. The van der Waals surface area contributed by atoms with Gasteiger partial charge in [-0.3, -0.25) is 9.78 Å². The zero-order chi connectivity index (χ0) is 18.4. The number of nitrogens with zero attached hydrogens (tertiary/aromatic N) is 2. The maximum absolute atomic E-state index is 12.4. The zero-order valence-electron chi connectivity index (χ0n) is 15.2. The van der Waals surface area contributed by atoms with E-state index in [-0.39, 0.29) is 11.9 Å². The number of carbonyl (C=O) groups is 1. The first kappa shape index (κ1) is 16.5. The van der Waals surface area contributed by atoms with Crippen molar-refractivity contribution in [3.63, 3.8) is 0 Å². The highest BCUT2D eigenvalue weighted by Gasteiger charge is 2.15. The largest absolute Gasteiger partial charge is 0.350 e. The molecule has 132 valence electrons. The lowest BCUT2D eigenvalue weighted by atomic mass is 10.0. The smallest absolute Gasteiger partial charge is 0.251 e. The molecule has 2 heterocycles. The maximum atomic E-state index is 12.4. The van der Waals surface area contributed by atoms with Gasteiger partial charge in [0.2, 0.25) is 0 Å². The van der Waals surface area contributed by atoms with Crippen molar-refractivity contribution in [2.24, 2.45) is 12.8 Å². The van der Waals surface area contributed by atoms with Crippen LogP contribution in [0.25, 0.3) is 32.6 Å². The molecule has 0 radical (unpaired) electrons. The molecule has 0 bridgehead atoms. The Bertz CT molecular complexity index is 1160. The Morgan fingerprint density at radius 3 is 2.81 bits per heavy atom. The highest BCUT2D eigenvalue weighted by Crippen LogP contribution is 2.35. The van der Waals surface area contributed by atoms with Crippen LogP contribution in [-0.2, 0) is 7.05 Å². The minimum atomic E-state index is -0.0969. The molecule has 1 atom stereocenters. The number of fused-ring (bicyclic) bond motifs is 4. The molecule has 5 heteroatoms.